The zero-order chi connectivity index (χ0) is 32.1. The standard InChI is InChI=1S/C35H30N8O3/c1-45-34(25-11-4-2-5-12-25)29-17-9-14-27(39-29)21-38-22-32(43-37)31-19-30(26-13-8-10-24(18-26)20-36)40-35(41-31)42-33(44)23-46-28-15-6-3-7-16-28/h2-19,22,34H,21,23,37H2,1H3,(H,40,41,42,44). The molecule has 0 aliphatic carbocycles. The zero-order valence-electron chi connectivity index (χ0n) is 24.9. The molecule has 46 heavy (non-hydrogen) atoms. The molecule has 0 spiro atoms. The van der Waals surface area contributed by atoms with Crippen LogP contribution in [0.3, 0.4) is 0 Å². The maximum absolute atomic E-state index is 12.7. The fourth-order valence-corrected chi connectivity index (χ4v) is 4.54. The molecule has 2 heterocycles. The molecule has 5 aromatic rings. The molecule has 1 unspecified atom stereocenters. The fourth-order valence-electron chi connectivity index (χ4n) is 4.54. The Kier molecular flexibility index (Phi) is 10.5. The molecule has 1 amide bonds. The van der Waals surface area contributed by atoms with Crippen LogP contribution in [-0.4, -0.2) is 46.5 Å². The van der Waals surface area contributed by atoms with E-state index >= 15 is 0 Å². The van der Waals surface area contributed by atoms with E-state index in [0.717, 1.165) is 11.3 Å². The van der Waals surface area contributed by atoms with E-state index in [1.165, 1.54) is 6.21 Å². The number of nitrogens with two attached hydrogens (primary N) is 1. The Labute approximate surface area is 266 Å². The number of nitrogens with zero attached hydrogens (tertiary/aromatic N) is 6. The van der Waals surface area contributed by atoms with Gasteiger partial charge in [0, 0.05) is 12.7 Å². The van der Waals surface area contributed by atoms with Crippen molar-refractivity contribution in [3.05, 3.63) is 137 Å². The number of para-hydroxylation sites is 1. The van der Waals surface area contributed by atoms with E-state index in [1.807, 2.05) is 66.7 Å². The third kappa shape index (κ3) is 8.22. The summed E-state index contributed by atoms with van der Waals surface area (Å²) >= 11 is 0. The highest BCUT2D eigenvalue weighted by atomic mass is 16.5. The number of hydrazone groups is 1. The van der Waals surface area contributed by atoms with Crippen molar-refractivity contribution in [2.45, 2.75) is 12.6 Å². The molecule has 0 fully saturated rings. The van der Waals surface area contributed by atoms with Crippen LogP contribution in [0.4, 0.5) is 5.95 Å². The molecule has 11 heteroatoms. The van der Waals surface area contributed by atoms with Crippen molar-refractivity contribution in [1.82, 2.24) is 15.0 Å². The molecular formula is C35H30N8O3. The average Bonchev–Trinajstić information content (AvgIpc) is 3.10. The van der Waals surface area contributed by atoms with Crippen molar-refractivity contribution in [2.24, 2.45) is 15.9 Å². The van der Waals surface area contributed by atoms with Gasteiger partial charge in [0.1, 0.15) is 17.6 Å². The Bertz CT molecular complexity index is 1890. The summed E-state index contributed by atoms with van der Waals surface area (Å²) in [5, 5.41) is 16.0. The second-order valence-corrected chi connectivity index (χ2v) is 9.87. The molecule has 5 rings (SSSR count). The van der Waals surface area contributed by atoms with Gasteiger partial charge < -0.3 is 15.3 Å². The van der Waals surface area contributed by atoms with Crippen LogP contribution in [0, 0.1) is 11.3 Å². The molecule has 1 atom stereocenters. The highest BCUT2D eigenvalue weighted by Crippen LogP contribution is 2.24. The maximum Gasteiger partial charge on any atom is 0.264 e. The van der Waals surface area contributed by atoms with Crippen LogP contribution < -0.4 is 15.9 Å². The van der Waals surface area contributed by atoms with Crippen LogP contribution in [0.15, 0.2) is 119 Å². The van der Waals surface area contributed by atoms with Crippen LogP contribution >= 0.6 is 0 Å². The van der Waals surface area contributed by atoms with Crippen molar-refractivity contribution >= 4 is 23.8 Å². The third-order valence-corrected chi connectivity index (χ3v) is 6.68. The van der Waals surface area contributed by atoms with E-state index < -0.39 is 5.91 Å². The lowest BCUT2D eigenvalue weighted by atomic mass is 10.1. The van der Waals surface area contributed by atoms with Gasteiger partial charge in [0.25, 0.3) is 5.91 Å². The van der Waals surface area contributed by atoms with Gasteiger partial charge in [-0.25, -0.2) is 9.97 Å². The normalized spacial score (nSPS) is 12.0. The first kappa shape index (κ1) is 31.2. The summed E-state index contributed by atoms with van der Waals surface area (Å²) in [5.74, 6) is 5.87. The van der Waals surface area contributed by atoms with Crippen molar-refractivity contribution in [2.75, 3.05) is 19.0 Å². The smallest absolute Gasteiger partial charge is 0.264 e. The van der Waals surface area contributed by atoms with Gasteiger partial charge in [-0.05, 0) is 48.0 Å². The highest BCUT2D eigenvalue weighted by molar-refractivity contribution is 6.37. The van der Waals surface area contributed by atoms with Crippen molar-refractivity contribution < 1.29 is 14.3 Å². The van der Waals surface area contributed by atoms with Gasteiger partial charge in [0.15, 0.2) is 6.61 Å². The number of aliphatic imine (C=N–C) groups is 1. The van der Waals surface area contributed by atoms with Crippen LogP contribution in [0.5, 0.6) is 5.75 Å². The largest absolute Gasteiger partial charge is 0.484 e. The summed E-state index contributed by atoms with van der Waals surface area (Å²) in [6.07, 6.45) is 1.17. The first-order valence-electron chi connectivity index (χ1n) is 14.2. The van der Waals surface area contributed by atoms with Crippen LogP contribution in [-0.2, 0) is 16.1 Å². The molecule has 0 bridgehead atoms. The predicted octanol–water partition coefficient (Wildman–Crippen LogP) is 5.10. The monoisotopic (exact) mass is 610 g/mol. The number of aromatic nitrogens is 3. The molecule has 0 radical (unpaired) electrons. The number of methoxy groups -OCH3 is 1. The van der Waals surface area contributed by atoms with Gasteiger partial charge in [-0.3, -0.25) is 20.1 Å². The average molecular weight is 611 g/mol. The van der Waals surface area contributed by atoms with Gasteiger partial charge in [0.2, 0.25) is 5.95 Å². The molecule has 0 saturated carbocycles. The lowest BCUT2D eigenvalue weighted by molar-refractivity contribution is -0.118. The van der Waals surface area contributed by atoms with E-state index in [1.54, 1.807) is 49.6 Å². The number of pyridine rings is 1. The van der Waals surface area contributed by atoms with Crippen LogP contribution in [0.2, 0.25) is 0 Å². The van der Waals surface area contributed by atoms with E-state index in [9.17, 15) is 10.1 Å². The Morgan fingerprint density at radius 2 is 1.72 bits per heavy atom. The fraction of sp³-hybridized carbons (Fsp3) is 0.114. The number of carbonyl (C=O) groups is 1. The number of hydrogen-bond donors (Lipinski definition) is 2. The van der Waals surface area contributed by atoms with Gasteiger partial charge in [0.05, 0.1) is 47.2 Å². The van der Waals surface area contributed by atoms with Gasteiger partial charge in [-0.1, -0.05) is 66.7 Å². The van der Waals surface area contributed by atoms with Gasteiger partial charge in [-0.15, -0.1) is 0 Å². The maximum atomic E-state index is 12.7. The Morgan fingerprint density at radius 1 is 0.957 bits per heavy atom. The number of benzene rings is 3. The number of anilines is 1. The third-order valence-electron chi connectivity index (χ3n) is 6.68. The minimum absolute atomic E-state index is 0.00644. The Hall–Kier alpha value is -6.25. The Morgan fingerprint density at radius 3 is 2.46 bits per heavy atom. The van der Waals surface area contributed by atoms with Crippen molar-refractivity contribution in [1.29, 1.82) is 5.26 Å². The number of carbonyl (C=O) groups excluding carboxylic acids is 1. The summed E-state index contributed by atoms with van der Waals surface area (Å²) in [6.45, 7) is -0.0168. The van der Waals surface area contributed by atoms with Crippen LogP contribution in [0.1, 0.15) is 34.3 Å². The summed E-state index contributed by atoms with van der Waals surface area (Å²) in [4.78, 5) is 31.0. The number of rotatable bonds is 12. The number of amides is 1. The molecule has 0 saturated heterocycles. The van der Waals surface area contributed by atoms with Gasteiger partial charge in [-0.2, -0.15) is 10.4 Å². The predicted molar refractivity (Wildman–Crippen MR) is 175 cm³/mol. The number of hydrogen-bond acceptors (Lipinski definition) is 10. The molecule has 0 aliphatic rings. The van der Waals surface area contributed by atoms with Crippen molar-refractivity contribution in [3.63, 3.8) is 0 Å². The summed E-state index contributed by atoms with van der Waals surface area (Å²) in [6, 6.07) is 35.2. The molecule has 3 aromatic carbocycles. The first-order valence-corrected chi connectivity index (χ1v) is 14.2. The SMILES string of the molecule is COC(c1ccccc1)c1cccc(CN=CC(=NN)c2cc(-c3cccc(C#N)c3)nc(NC(=O)COc3ccccc3)n2)n1. The van der Waals surface area contributed by atoms with Crippen molar-refractivity contribution in [3.8, 4) is 23.1 Å². The molecule has 11 nitrogen and oxygen atoms in total. The number of nitrogens with one attached hydrogen (secondary N) is 1. The summed E-state index contributed by atoms with van der Waals surface area (Å²) in [7, 11) is 1.65. The minimum Gasteiger partial charge on any atom is -0.484 e. The highest BCUT2D eigenvalue weighted by Gasteiger charge is 2.16. The minimum atomic E-state index is -0.464. The van der Waals surface area contributed by atoms with Crippen LogP contribution in [0.25, 0.3) is 11.3 Å². The summed E-state index contributed by atoms with van der Waals surface area (Å²) < 4.78 is 11.3. The molecule has 228 valence electrons. The van der Waals surface area contributed by atoms with Gasteiger partial charge >= 0.3 is 0 Å². The zero-order valence-corrected chi connectivity index (χ0v) is 24.9. The number of nitriles is 1. The first-order chi connectivity index (χ1) is 22.6. The number of ether oxygens (including phenoxy) is 2. The van der Waals surface area contributed by atoms with E-state index in [-0.39, 0.29) is 30.9 Å². The molecule has 2 aromatic heterocycles. The topological polar surface area (TPSA) is 161 Å². The molecule has 0 aliphatic heterocycles. The molecular weight excluding hydrogens is 580 g/mol. The second kappa shape index (κ2) is 15.5. The summed E-state index contributed by atoms with van der Waals surface area (Å²) in [5.41, 5.74) is 4.54. The van der Waals surface area contributed by atoms with E-state index in [2.05, 4.69) is 31.4 Å². The van der Waals surface area contributed by atoms with E-state index in [0.29, 0.717) is 34.0 Å². The lowest BCUT2D eigenvalue weighted by Crippen LogP contribution is -2.22. The van der Waals surface area contributed by atoms with E-state index in [4.69, 9.17) is 20.3 Å². The lowest BCUT2D eigenvalue weighted by Gasteiger charge is -2.15. The quantitative estimate of drug-likeness (QED) is 0.112. The Balaban J connectivity index is 1.37. The second-order valence-electron chi connectivity index (χ2n) is 9.87. The molecule has 3 N–H and O–H groups in total.